The lowest BCUT2D eigenvalue weighted by molar-refractivity contribution is 0.102. The first-order valence-electron chi connectivity index (χ1n) is 8.21. The fraction of sp³-hybridized carbons (Fsp3) is 0.0500. The minimum absolute atomic E-state index is 0.0678. The largest absolute Gasteiger partial charge is 0.322 e. The highest BCUT2D eigenvalue weighted by atomic mass is 35.5. The summed E-state index contributed by atoms with van der Waals surface area (Å²) >= 11 is 5.83. The van der Waals surface area contributed by atoms with Gasteiger partial charge in [-0.3, -0.25) is 9.52 Å². The van der Waals surface area contributed by atoms with E-state index in [0.29, 0.717) is 10.7 Å². The molecule has 2 N–H and O–H groups in total. The molecule has 0 heterocycles. The Balaban J connectivity index is 1.89. The molecule has 1 amide bonds. The lowest BCUT2D eigenvalue weighted by Gasteiger charge is -2.14. The van der Waals surface area contributed by atoms with E-state index in [1.165, 1.54) is 25.1 Å². The molecule has 0 spiro atoms. The molecule has 0 radical (unpaired) electrons. The molecule has 0 saturated carbocycles. The lowest BCUT2D eigenvalue weighted by atomic mass is 10.1. The van der Waals surface area contributed by atoms with E-state index in [1.807, 2.05) is 0 Å². The smallest absolute Gasteiger partial charge is 0.262 e. The predicted molar refractivity (Wildman–Crippen MR) is 108 cm³/mol. The van der Waals surface area contributed by atoms with Crippen LogP contribution >= 0.6 is 11.6 Å². The molecular formula is C20H16ClFN2O3S. The van der Waals surface area contributed by atoms with Crippen LogP contribution in [0.5, 0.6) is 0 Å². The van der Waals surface area contributed by atoms with Crippen LogP contribution < -0.4 is 10.0 Å². The van der Waals surface area contributed by atoms with Gasteiger partial charge in [-0.1, -0.05) is 23.7 Å². The van der Waals surface area contributed by atoms with Gasteiger partial charge in [0.25, 0.3) is 15.9 Å². The monoisotopic (exact) mass is 418 g/mol. The lowest BCUT2D eigenvalue weighted by Crippen LogP contribution is -2.19. The highest BCUT2D eigenvalue weighted by Gasteiger charge is 2.20. The second-order valence-corrected chi connectivity index (χ2v) is 8.11. The number of hydrogen-bond donors (Lipinski definition) is 2. The number of hydrogen-bond acceptors (Lipinski definition) is 3. The van der Waals surface area contributed by atoms with Crippen molar-refractivity contribution in [1.29, 1.82) is 0 Å². The number of anilines is 2. The molecular weight excluding hydrogens is 403 g/mol. The van der Waals surface area contributed by atoms with Crippen LogP contribution in [0.15, 0.2) is 71.6 Å². The number of halogens is 2. The van der Waals surface area contributed by atoms with E-state index in [2.05, 4.69) is 10.0 Å². The molecule has 5 nitrogen and oxygen atoms in total. The van der Waals surface area contributed by atoms with Gasteiger partial charge in [0.2, 0.25) is 0 Å². The summed E-state index contributed by atoms with van der Waals surface area (Å²) in [4.78, 5) is 12.6. The molecule has 3 aromatic carbocycles. The maximum atomic E-state index is 13.3. The number of rotatable bonds is 5. The molecule has 3 rings (SSSR count). The topological polar surface area (TPSA) is 75.3 Å². The average Bonchev–Trinajstić information content (AvgIpc) is 2.63. The van der Waals surface area contributed by atoms with Crippen molar-refractivity contribution in [3.8, 4) is 0 Å². The second kappa shape index (κ2) is 8.00. The van der Waals surface area contributed by atoms with Crippen molar-refractivity contribution in [2.75, 3.05) is 10.0 Å². The average molecular weight is 419 g/mol. The normalized spacial score (nSPS) is 11.1. The summed E-state index contributed by atoms with van der Waals surface area (Å²) in [5, 5.41) is 3.22. The van der Waals surface area contributed by atoms with E-state index < -0.39 is 21.7 Å². The van der Waals surface area contributed by atoms with Crippen molar-refractivity contribution in [2.45, 2.75) is 11.8 Å². The molecule has 0 atom stereocenters. The third-order valence-corrected chi connectivity index (χ3v) is 5.72. The van der Waals surface area contributed by atoms with Gasteiger partial charge in [0.1, 0.15) is 5.82 Å². The van der Waals surface area contributed by atoms with Gasteiger partial charge in [-0.15, -0.1) is 0 Å². The fourth-order valence-electron chi connectivity index (χ4n) is 2.62. The maximum Gasteiger partial charge on any atom is 0.262 e. The molecule has 144 valence electrons. The molecule has 0 fully saturated rings. The standard InChI is InChI=1S/C20H16ClFN2O3S/c1-13-12-15(22)8-11-19(13)28(26,27)24-18-5-3-2-4-17(18)20(25)23-16-9-6-14(21)7-10-16/h2-12,24H,1H3,(H,23,25). The Morgan fingerprint density at radius 2 is 1.68 bits per heavy atom. The summed E-state index contributed by atoms with van der Waals surface area (Å²) in [7, 11) is -4.01. The zero-order valence-electron chi connectivity index (χ0n) is 14.7. The van der Waals surface area contributed by atoms with Gasteiger partial charge in [-0.05, 0) is 67.1 Å². The first-order chi connectivity index (χ1) is 13.3. The quantitative estimate of drug-likeness (QED) is 0.622. The minimum atomic E-state index is -4.01. The van der Waals surface area contributed by atoms with Crippen LogP contribution in [0, 0.1) is 12.7 Å². The molecule has 8 heteroatoms. The number of carbonyl (C=O) groups is 1. The maximum absolute atomic E-state index is 13.3. The van der Waals surface area contributed by atoms with Gasteiger partial charge in [-0.2, -0.15) is 0 Å². The minimum Gasteiger partial charge on any atom is -0.322 e. The van der Waals surface area contributed by atoms with Crippen LogP contribution in [0.4, 0.5) is 15.8 Å². The summed E-state index contributed by atoms with van der Waals surface area (Å²) in [5.74, 6) is -1.02. The number of benzene rings is 3. The van der Waals surface area contributed by atoms with Crippen LogP contribution in [-0.4, -0.2) is 14.3 Å². The third-order valence-electron chi connectivity index (χ3n) is 3.94. The summed E-state index contributed by atoms with van der Waals surface area (Å²) in [6.45, 7) is 1.50. The molecule has 0 unspecified atom stereocenters. The SMILES string of the molecule is Cc1cc(F)ccc1S(=O)(=O)Nc1ccccc1C(=O)Nc1ccc(Cl)cc1. The number of para-hydroxylation sites is 1. The van der Waals surface area contributed by atoms with Gasteiger partial charge < -0.3 is 5.32 Å². The van der Waals surface area contributed by atoms with Gasteiger partial charge in [0.15, 0.2) is 0 Å². The van der Waals surface area contributed by atoms with Gasteiger partial charge in [0, 0.05) is 10.7 Å². The van der Waals surface area contributed by atoms with Crippen LogP contribution in [-0.2, 0) is 10.0 Å². The number of sulfonamides is 1. The second-order valence-electron chi connectivity index (χ2n) is 6.02. The summed E-state index contributed by atoms with van der Waals surface area (Å²) in [5.41, 5.74) is 1.02. The van der Waals surface area contributed by atoms with Crippen LogP contribution in [0.3, 0.4) is 0 Å². The van der Waals surface area contributed by atoms with Gasteiger partial charge in [0.05, 0.1) is 16.1 Å². The fourth-order valence-corrected chi connectivity index (χ4v) is 4.05. The Kier molecular flexibility index (Phi) is 5.67. The predicted octanol–water partition coefficient (Wildman–Crippen LogP) is 4.84. The number of carbonyl (C=O) groups excluding carboxylic acids is 1. The van der Waals surface area contributed by atoms with Crippen molar-refractivity contribution in [1.82, 2.24) is 0 Å². The zero-order chi connectivity index (χ0) is 20.3. The van der Waals surface area contributed by atoms with Crippen LogP contribution in [0.1, 0.15) is 15.9 Å². The van der Waals surface area contributed by atoms with Crippen molar-refractivity contribution in [3.63, 3.8) is 0 Å². The summed E-state index contributed by atoms with van der Waals surface area (Å²) < 4.78 is 41.1. The molecule has 0 aliphatic heterocycles. The molecule has 0 aromatic heterocycles. The molecule has 0 saturated heterocycles. The van der Waals surface area contributed by atoms with Crippen molar-refractivity contribution in [3.05, 3.63) is 88.7 Å². The zero-order valence-corrected chi connectivity index (χ0v) is 16.3. The highest BCUT2D eigenvalue weighted by Crippen LogP contribution is 2.24. The van der Waals surface area contributed by atoms with Crippen LogP contribution in [0.25, 0.3) is 0 Å². The number of amides is 1. The van der Waals surface area contributed by atoms with E-state index in [0.717, 1.165) is 12.1 Å². The summed E-state index contributed by atoms with van der Waals surface area (Å²) in [6.07, 6.45) is 0. The van der Waals surface area contributed by atoms with E-state index in [1.54, 1.807) is 36.4 Å². The molecule has 0 aliphatic rings. The Labute approximate surface area is 167 Å². The van der Waals surface area contributed by atoms with Crippen molar-refractivity contribution in [2.24, 2.45) is 0 Å². The number of nitrogens with one attached hydrogen (secondary N) is 2. The van der Waals surface area contributed by atoms with Gasteiger partial charge >= 0.3 is 0 Å². The molecule has 0 bridgehead atoms. The molecule has 28 heavy (non-hydrogen) atoms. The van der Waals surface area contributed by atoms with E-state index in [4.69, 9.17) is 11.6 Å². The van der Waals surface area contributed by atoms with E-state index in [-0.39, 0.29) is 21.7 Å². The van der Waals surface area contributed by atoms with Crippen molar-refractivity contribution < 1.29 is 17.6 Å². The van der Waals surface area contributed by atoms with E-state index >= 15 is 0 Å². The van der Waals surface area contributed by atoms with E-state index in [9.17, 15) is 17.6 Å². The Morgan fingerprint density at radius 1 is 1.00 bits per heavy atom. The summed E-state index contributed by atoms with van der Waals surface area (Å²) in [6, 6.07) is 16.1. The highest BCUT2D eigenvalue weighted by molar-refractivity contribution is 7.92. The molecule has 3 aromatic rings. The first-order valence-corrected chi connectivity index (χ1v) is 10.1. The number of aryl methyl sites for hydroxylation is 1. The third kappa shape index (κ3) is 4.49. The molecule has 0 aliphatic carbocycles. The van der Waals surface area contributed by atoms with Crippen molar-refractivity contribution >= 4 is 38.9 Å². The van der Waals surface area contributed by atoms with Gasteiger partial charge in [-0.25, -0.2) is 12.8 Å². The Morgan fingerprint density at radius 3 is 2.36 bits per heavy atom. The first kappa shape index (κ1) is 19.9. The van der Waals surface area contributed by atoms with Crippen LogP contribution in [0.2, 0.25) is 5.02 Å². The Bertz CT molecular complexity index is 1130. The Hall–Kier alpha value is -2.90.